The Hall–Kier alpha value is -4.13. The van der Waals surface area contributed by atoms with E-state index < -0.39 is 12.1 Å². The summed E-state index contributed by atoms with van der Waals surface area (Å²) in [6.07, 6.45) is 6.09. The number of piperazine rings is 1. The fraction of sp³-hybridized carbons (Fsp3) is 0.276. The first-order valence-electron chi connectivity index (χ1n) is 13.8. The first-order valence-corrected chi connectivity index (χ1v) is 15.5. The summed E-state index contributed by atoms with van der Waals surface area (Å²) >= 11 is 15.1. The molecule has 220 valence electrons. The molecule has 5 aromatic rings. The zero-order valence-electron chi connectivity index (χ0n) is 22.8. The van der Waals surface area contributed by atoms with Crippen molar-refractivity contribution in [1.82, 2.24) is 29.2 Å². The van der Waals surface area contributed by atoms with Crippen molar-refractivity contribution in [3.05, 3.63) is 75.9 Å². The van der Waals surface area contributed by atoms with Gasteiger partial charge in [-0.25, -0.2) is 14.8 Å². The van der Waals surface area contributed by atoms with Crippen molar-refractivity contribution in [3.8, 4) is 11.1 Å². The van der Waals surface area contributed by atoms with Gasteiger partial charge in [-0.05, 0) is 36.6 Å². The van der Waals surface area contributed by atoms with Gasteiger partial charge in [-0.2, -0.15) is 5.10 Å². The molecule has 2 aliphatic heterocycles. The van der Waals surface area contributed by atoms with E-state index in [1.54, 1.807) is 28.8 Å². The maximum absolute atomic E-state index is 13.7. The molecule has 0 spiro atoms. The quantitative estimate of drug-likeness (QED) is 0.247. The molecule has 2 aromatic carbocycles. The predicted molar refractivity (Wildman–Crippen MR) is 166 cm³/mol. The lowest BCUT2D eigenvalue weighted by atomic mass is 10.0. The summed E-state index contributed by atoms with van der Waals surface area (Å²) in [4.78, 5) is 37.4. The van der Waals surface area contributed by atoms with Crippen LogP contribution in [0.4, 0.5) is 15.6 Å². The molecule has 1 fully saturated rings. The molecule has 1 atom stereocenters. The Balaban J connectivity index is 1.22. The van der Waals surface area contributed by atoms with Gasteiger partial charge in [0.25, 0.3) is 5.91 Å². The molecule has 0 aliphatic carbocycles. The number of aryl methyl sites for hydroxylation is 1. The molecule has 1 unspecified atom stereocenters. The first kappa shape index (κ1) is 27.7. The summed E-state index contributed by atoms with van der Waals surface area (Å²) in [6.45, 7) is 3.03. The van der Waals surface area contributed by atoms with Crippen LogP contribution in [0.2, 0.25) is 10.0 Å². The molecule has 2 amide bonds. The van der Waals surface area contributed by atoms with Gasteiger partial charge in [0, 0.05) is 72.8 Å². The molecule has 7 rings (SSSR count). The summed E-state index contributed by atoms with van der Waals surface area (Å²) in [7, 11) is 0. The van der Waals surface area contributed by atoms with E-state index >= 15 is 0 Å². The summed E-state index contributed by atoms with van der Waals surface area (Å²) in [5, 5.41) is 20.8. The van der Waals surface area contributed by atoms with E-state index in [0.717, 1.165) is 41.9 Å². The predicted octanol–water partition coefficient (Wildman–Crippen LogP) is 5.64. The van der Waals surface area contributed by atoms with Gasteiger partial charge in [0.15, 0.2) is 11.2 Å². The van der Waals surface area contributed by atoms with Crippen molar-refractivity contribution in [2.45, 2.75) is 25.4 Å². The summed E-state index contributed by atoms with van der Waals surface area (Å²) < 4.78 is 3.67. The van der Waals surface area contributed by atoms with Gasteiger partial charge in [-0.1, -0.05) is 35.3 Å². The van der Waals surface area contributed by atoms with E-state index in [1.807, 2.05) is 30.3 Å². The first-order chi connectivity index (χ1) is 20.9. The van der Waals surface area contributed by atoms with Crippen LogP contribution < -0.4 is 10.2 Å². The minimum Gasteiger partial charge on any atom is -0.465 e. The number of carbonyl (C=O) groups excluding carboxylic acids is 1. The number of hydrogen-bond donors (Lipinski definition) is 2. The molecule has 1 saturated heterocycles. The molecule has 14 heteroatoms. The number of hydrogen-bond acceptors (Lipinski definition) is 7. The third-order valence-corrected chi connectivity index (χ3v) is 9.41. The molecular formula is C29H26Cl2N8O3S. The van der Waals surface area contributed by atoms with Crippen molar-refractivity contribution in [2.24, 2.45) is 0 Å². The minimum atomic E-state index is -0.889. The second kappa shape index (κ2) is 11.2. The molecule has 2 N–H and O–H groups in total. The molecule has 2 aliphatic rings. The zero-order chi connectivity index (χ0) is 29.7. The van der Waals surface area contributed by atoms with Crippen LogP contribution in [-0.4, -0.2) is 72.5 Å². The number of nitrogens with zero attached hydrogens (tertiary/aromatic N) is 7. The number of fused-ring (bicyclic) bond motifs is 2. The Labute approximate surface area is 260 Å². The van der Waals surface area contributed by atoms with Crippen molar-refractivity contribution in [2.75, 3.05) is 36.4 Å². The van der Waals surface area contributed by atoms with Crippen LogP contribution in [0.15, 0.2) is 54.4 Å². The van der Waals surface area contributed by atoms with Gasteiger partial charge in [0.2, 0.25) is 0 Å². The number of halogens is 2. The van der Waals surface area contributed by atoms with Crippen molar-refractivity contribution < 1.29 is 14.7 Å². The van der Waals surface area contributed by atoms with Crippen LogP contribution >= 0.6 is 34.5 Å². The van der Waals surface area contributed by atoms with Crippen LogP contribution in [0.3, 0.4) is 0 Å². The van der Waals surface area contributed by atoms with Gasteiger partial charge in [0.05, 0.1) is 22.1 Å². The Morgan fingerprint density at radius 3 is 2.56 bits per heavy atom. The number of carboxylic acid groups (broad SMARTS) is 1. The highest BCUT2D eigenvalue weighted by Gasteiger charge is 2.32. The average molecular weight is 638 g/mol. The van der Waals surface area contributed by atoms with Crippen molar-refractivity contribution in [3.63, 3.8) is 0 Å². The molecule has 11 nitrogen and oxygen atoms in total. The van der Waals surface area contributed by atoms with Crippen LogP contribution in [-0.2, 0) is 17.8 Å². The highest BCUT2D eigenvalue weighted by Crippen LogP contribution is 2.40. The number of rotatable bonds is 6. The van der Waals surface area contributed by atoms with Gasteiger partial charge < -0.3 is 19.5 Å². The lowest BCUT2D eigenvalue weighted by Gasteiger charge is -2.34. The van der Waals surface area contributed by atoms with Gasteiger partial charge in [-0.3, -0.25) is 14.8 Å². The number of aromatic nitrogens is 5. The number of carbonyl (C=O) groups is 2. The second-order valence-corrected chi connectivity index (χ2v) is 12.2. The SMILES string of the molecule is O=C(Nc1nccs1)C(c1ncn2c1CCC2)n1cc2c(Cl)cc(-c3ccc(N4CCN(C(=O)O)CC4)cc3)c(Cl)c2n1. The third-order valence-electron chi connectivity index (χ3n) is 8.02. The standard InChI is InChI=1S/C29H26Cl2N8O3S/c30-21-14-19(17-3-5-18(6-4-17)36-9-11-37(12-10-36)29(41)42)23(31)24-20(21)15-39(35-24)26(27(40)34-28-32-7-13-43-28)25-22-2-1-8-38(22)16-33-25/h3-7,13-16,26H,1-2,8-12H2,(H,41,42)(H,32,34,40). The number of anilines is 2. The molecule has 0 radical (unpaired) electrons. The van der Waals surface area contributed by atoms with Crippen LogP contribution in [0, 0.1) is 0 Å². The van der Waals surface area contributed by atoms with E-state index in [9.17, 15) is 14.7 Å². The number of nitrogens with one attached hydrogen (secondary N) is 1. The fourth-order valence-corrected chi connectivity index (χ4v) is 6.92. The topological polar surface area (TPSA) is 121 Å². The average Bonchev–Trinajstić information content (AvgIpc) is 3.82. The normalized spacial score (nSPS) is 15.6. The summed E-state index contributed by atoms with van der Waals surface area (Å²) in [6, 6.07) is 8.91. The van der Waals surface area contributed by atoms with Crippen molar-refractivity contribution >= 4 is 68.3 Å². The zero-order valence-corrected chi connectivity index (χ0v) is 25.1. The Morgan fingerprint density at radius 2 is 1.84 bits per heavy atom. The van der Waals surface area contributed by atoms with Crippen molar-refractivity contribution in [1.29, 1.82) is 0 Å². The van der Waals surface area contributed by atoms with E-state index in [1.165, 1.54) is 16.2 Å². The fourth-order valence-electron chi connectivity index (χ4n) is 5.84. The third kappa shape index (κ3) is 5.09. The lowest BCUT2D eigenvalue weighted by Crippen LogP contribution is -2.48. The Bertz CT molecular complexity index is 1830. The van der Waals surface area contributed by atoms with E-state index in [-0.39, 0.29) is 5.91 Å². The molecular weight excluding hydrogens is 611 g/mol. The second-order valence-electron chi connectivity index (χ2n) is 10.5. The van der Waals surface area contributed by atoms with Crippen LogP contribution in [0.5, 0.6) is 0 Å². The monoisotopic (exact) mass is 636 g/mol. The molecule has 43 heavy (non-hydrogen) atoms. The van der Waals surface area contributed by atoms with Gasteiger partial charge in [-0.15, -0.1) is 11.3 Å². The van der Waals surface area contributed by atoms with E-state index in [4.69, 9.17) is 28.3 Å². The summed E-state index contributed by atoms with van der Waals surface area (Å²) in [5.74, 6) is -0.302. The largest absolute Gasteiger partial charge is 0.465 e. The number of imidazole rings is 1. The number of benzene rings is 2. The minimum absolute atomic E-state index is 0.302. The molecule has 5 heterocycles. The van der Waals surface area contributed by atoms with Crippen LogP contribution in [0.25, 0.3) is 22.0 Å². The Kier molecular flexibility index (Phi) is 7.20. The van der Waals surface area contributed by atoms with E-state index in [2.05, 4.69) is 24.8 Å². The van der Waals surface area contributed by atoms with Gasteiger partial charge in [0.1, 0.15) is 5.52 Å². The maximum Gasteiger partial charge on any atom is 0.407 e. The number of thiazole rings is 1. The highest BCUT2D eigenvalue weighted by molar-refractivity contribution is 7.13. The highest BCUT2D eigenvalue weighted by atomic mass is 35.5. The molecule has 0 saturated carbocycles. The maximum atomic E-state index is 13.7. The molecule has 3 aromatic heterocycles. The smallest absolute Gasteiger partial charge is 0.407 e. The Morgan fingerprint density at radius 1 is 1.05 bits per heavy atom. The number of amides is 2. The van der Waals surface area contributed by atoms with E-state index in [0.29, 0.717) is 58.0 Å². The summed E-state index contributed by atoms with van der Waals surface area (Å²) in [5.41, 5.74) is 4.73. The van der Waals surface area contributed by atoms with Gasteiger partial charge >= 0.3 is 6.09 Å². The lowest BCUT2D eigenvalue weighted by molar-refractivity contribution is -0.118. The molecule has 0 bridgehead atoms. The van der Waals surface area contributed by atoms with Crippen LogP contribution in [0.1, 0.15) is 23.9 Å².